The van der Waals surface area contributed by atoms with Crippen LogP contribution < -0.4 is 19.5 Å². The highest BCUT2D eigenvalue weighted by molar-refractivity contribution is 6.37. The Balaban J connectivity index is 1.56. The Morgan fingerprint density at radius 3 is 2.37 bits per heavy atom. The van der Waals surface area contributed by atoms with Crippen molar-refractivity contribution in [2.24, 2.45) is 0 Å². The van der Waals surface area contributed by atoms with Gasteiger partial charge in [0, 0.05) is 30.1 Å². The average molecular weight is 562 g/mol. The molecule has 1 aromatic heterocycles. The second kappa shape index (κ2) is 11.4. The number of benzene rings is 2. The van der Waals surface area contributed by atoms with E-state index in [0.717, 1.165) is 0 Å². The molecule has 2 heterocycles. The zero-order chi connectivity index (χ0) is 27.5. The molecule has 12 heteroatoms. The van der Waals surface area contributed by atoms with E-state index in [4.69, 9.17) is 37.4 Å². The largest absolute Gasteiger partial charge is 0.633 e. The molecule has 4 rings (SSSR count). The number of aromatic nitrogens is 1. The Bertz CT molecular complexity index is 1370. The third kappa shape index (κ3) is 6.15. The molecule has 1 saturated heterocycles. The van der Waals surface area contributed by atoms with Crippen LogP contribution >= 0.6 is 23.2 Å². The fraction of sp³-hybridized carbons (Fsp3) is 0.385. The first-order valence-electron chi connectivity index (χ1n) is 12.0. The number of hydrogen-bond acceptors (Lipinski definition) is 8. The van der Waals surface area contributed by atoms with Gasteiger partial charge in [-0.3, -0.25) is 4.98 Å². The number of rotatable bonds is 9. The van der Waals surface area contributed by atoms with E-state index in [1.165, 1.54) is 20.4 Å². The number of hydrogen-bond donors (Lipinski definition) is 1. The Kier molecular flexibility index (Phi) is 8.37. The normalized spacial score (nSPS) is 21.1. The van der Waals surface area contributed by atoms with Crippen molar-refractivity contribution in [3.63, 3.8) is 0 Å². The number of nitrogens with one attached hydrogen (secondary N) is 1. The number of hydroxylamine groups is 6. The molecule has 0 spiro atoms. The van der Waals surface area contributed by atoms with Crippen LogP contribution in [0.5, 0.6) is 17.2 Å². The van der Waals surface area contributed by atoms with Crippen LogP contribution in [0.25, 0.3) is 10.9 Å². The number of likely N-dealkylation sites (N-methyl/N-ethyl adjacent to an activating group) is 1. The number of nitrogens with zero attached hydrogens (tertiary/aromatic N) is 4. The summed E-state index contributed by atoms with van der Waals surface area (Å²) in [6, 6.07) is 8.83. The van der Waals surface area contributed by atoms with Crippen LogP contribution in [0.1, 0.15) is 12.0 Å². The topological polar surface area (TPSA) is 123 Å². The van der Waals surface area contributed by atoms with Gasteiger partial charge in [-0.2, -0.15) is 5.26 Å². The molecule has 2 aromatic carbocycles. The summed E-state index contributed by atoms with van der Waals surface area (Å²) < 4.78 is 16.1. The third-order valence-electron chi connectivity index (χ3n) is 6.70. The summed E-state index contributed by atoms with van der Waals surface area (Å²) in [7, 11) is 4.63. The smallest absolute Gasteiger partial charge is 0.163 e. The van der Waals surface area contributed by atoms with Gasteiger partial charge in [0.2, 0.25) is 0 Å². The van der Waals surface area contributed by atoms with Gasteiger partial charge in [-0.1, -0.05) is 23.2 Å². The minimum absolute atomic E-state index is 0.301. The predicted octanol–water partition coefficient (Wildman–Crippen LogP) is 5.22. The molecule has 38 heavy (non-hydrogen) atoms. The summed E-state index contributed by atoms with van der Waals surface area (Å²) in [5.41, 5.74) is 1.85. The second-order valence-electron chi connectivity index (χ2n) is 9.45. The van der Waals surface area contributed by atoms with Crippen molar-refractivity contribution < 1.29 is 23.5 Å². The van der Waals surface area contributed by atoms with E-state index in [9.17, 15) is 15.7 Å². The molecule has 0 bridgehead atoms. The fourth-order valence-corrected chi connectivity index (χ4v) is 4.88. The average Bonchev–Trinajstić information content (AvgIpc) is 2.89. The zero-order valence-electron chi connectivity index (χ0n) is 21.4. The molecule has 1 fully saturated rings. The Morgan fingerprint density at radius 1 is 1.00 bits per heavy atom. The maximum absolute atomic E-state index is 12.9. The van der Waals surface area contributed by atoms with Crippen LogP contribution in [-0.4, -0.2) is 74.9 Å². The molecule has 0 atom stereocenters. The van der Waals surface area contributed by atoms with E-state index in [-0.39, 0.29) is 9.29 Å². The Hall–Kier alpha value is -3.04. The van der Waals surface area contributed by atoms with Gasteiger partial charge in [-0.05, 0) is 12.1 Å². The molecule has 3 aromatic rings. The summed E-state index contributed by atoms with van der Waals surface area (Å²) >= 11 is 12.6. The summed E-state index contributed by atoms with van der Waals surface area (Å²) in [5.74, 6) is 1.34. The maximum atomic E-state index is 12.9. The number of pyridine rings is 1. The monoisotopic (exact) mass is 561 g/mol. The molecule has 0 radical (unpaired) electrons. The molecule has 202 valence electrons. The number of fused-ring (bicyclic) bond motifs is 1. The van der Waals surface area contributed by atoms with Crippen molar-refractivity contribution in [1.29, 1.82) is 5.26 Å². The fourth-order valence-electron chi connectivity index (χ4n) is 4.38. The molecule has 10 nitrogen and oxygen atoms in total. The first-order chi connectivity index (χ1) is 18.1. The van der Waals surface area contributed by atoms with Gasteiger partial charge < -0.3 is 39.2 Å². The number of nitriles is 1. The Labute approximate surface area is 231 Å². The van der Waals surface area contributed by atoms with E-state index >= 15 is 0 Å². The number of halogens is 2. The third-order valence-corrected chi connectivity index (χ3v) is 7.31. The van der Waals surface area contributed by atoms with Gasteiger partial charge in [0.25, 0.3) is 0 Å². The predicted molar refractivity (Wildman–Crippen MR) is 147 cm³/mol. The highest BCUT2D eigenvalue weighted by Gasteiger charge is 2.29. The molecule has 0 amide bonds. The van der Waals surface area contributed by atoms with E-state index in [1.54, 1.807) is 31.3 Å². The van der Waals surface area contributed by atoms with Crippen molar-refractivity contribution in [3.8, 4) is 23.3 Å². The standard InChI is InChI=1S/C26H29Cl2N5O5/c1-32(34)6-8-33(35,9-7-32)5-4-10-38-25-13-21-18(11-24(25)37-3)26(17(15-29)16-30-21)31-22-14-23(36-2)20(28)12-19(22)27/h11-14,16H,4-10H2,1-3H3,(H,30,31). The van der Waals surface area contributed by atoms with Crippen molar-refractivity contribution in [2.45, 2.75) is 6.42 Å². The van der Waals surface area contributed by atoms with Crippen LogP contribution in [0.2, 0.25) is 10.0 Å². The lowest BCUT2D eigenvalue weighted by atomic mass is 10.1. The molecule has 0 saturated carbocycles. The molecular weight excluding hydrogens is 533 g/mol. The lowest BCUT2D eigenvalue weighted by molar-refractivity contribution is -0.981. The van der Waals surface area contributed by atoms with Crippen molar-refractivity contribution in [3.05, 3.63) is 56.5 Å². The summed E-state index contributed by atoms with van der Waals surface area (Å²) in [4.78, 5) is 4.43. The summed E-state index contributed by atoms with van der Waals surface area (Å²) in [6.45, 7) is 1.94. The van der Waals surface area contributed by atoms with Crippen molar-refractivity contribution >= 4 is 45.5 Å². The quantitative estimate of drug-likeness (QED) is 0.214. The molecule has 1 aliphatic rings. The lowest BCUT2D eigenvalue weighted by Gasteiger charge is -2.52. The van der Waals surface area contributed by atoms with Gasteiger partial charge in [-0.15, -0.1) is 0 Å². The van der Waals surface area contributed by atoms with Gasteiger partial charge in [0.05, 0.1) is 66.9 Å². The molecule has 0 unspecified atom stereocenters. The zero-order valence-corrected chi connectivity index (χ0v) is 22.9. The number of piperazine rings is 1. The van der Waals surface area contributed by atoms with Gasteiger partial charge in [-0.25, -0.2) is 0 Å². The van der Waals surface area contributed by atoms with Crippen molar-refractivity contribution in [2.75, 3.05) is 65.9 Å². The van der Waals surface area contributed by atoms with Crippen LogP contribution in [0.4, 0.5) is 11.4 Å². The number of ether oxygens (including phenoxy) is 3. The highest BCUT2D eigenvalue weighted by atomic mass is 35.5. The van der Waals surface area contributed by atoms with Gasteiger partial charge in [0.15, 0.2) is 11.5 Å². The van der Waals surface area contributed by atoms with E-state index in [2.05, 4.69) is 16.4 Å². The molecular formula is C26H29Cl2N5O5. The van der Waals surface area contributed by atoms with Gasteiger partial charge in [0.1, 0.15) is 38.0 Å². The molecule has 1 N–H and O–H groups in total. The van der Waals surface area contributed by atoms with E-state index < -0.39 is 0 Å². The molecule has 1 aliphatic heterocycles. The number of quaternary nitrogens is 2. The minimum Gasteiger partial charge on any atom is -0.633 e. The summed E-state index contributed by atoms with van der Waals surface area (Å²) in [6.07, 6.45) is 1.99. The van der Waals surface area contributed by atoms with E-state index in [0.29, 0.717) is 101 Å². The summed E-state index contributed by atoms with van der Waals surface area (Å²) in [5, 5.41) is 39.2. The minimum atomic E-state index is -0.375. The first kappa shape index (κ1) is 28.0. The van der Waals surface area contributed by atoms with Crippen LogP contribution in [0.3, 0.4) is 0 Å². The number of methoxy groups -OCH3 is 2. The number of anilines is 2. The SMILES string of the molecule is COc1cc(Nc2c(C#N)cnc3cc(OCCC[N+]4([O-])CC[N+](C)([O-])CC4)c(OC)cc23)c(Cl)cc1Cl. The van der Waals surface area contributed by atoms with Crippen LogP contribution in [0.15, 0.2) is 30.5 Å². The van der Waals surface area contributed by atoms with E-state index in [1.807, 2.05) is 0 Å². The van der Waals surface area contributed by atoms with Crippen molar-refractivity contribution in [1.82, 2.24) is 4.98 Å². The first-order valence-corrected chi connectivity index (χ1v) is 12.8. The van der Waals surface area contributed by atoms with Gasteiger partial charge >= 0.3 is 0 Å². The van der Waals surface area contributed by atoms with Crippen LogP contribution in [-0.2, 0) is 0 Å². The molecule has 0 aliphatic carbocycles. The van der Waals surface area contributed by atoms with Crippen LogP contribution in [0, 0.1) is 21.7 Å². The maximum Gasteiger partial charge on any atom is 0.163 e. The second-order valence-corrected chi connectivity index (χ2v) is 10.3. The highest BCUT2D eigenvalue weighted by Crippen LogP contribution is 2.40. The Morgan fingerprint density at radius 2 is 1.71 bits per heavy atom. The lowest BCUT2D eigenvalue weighted by Crippen LogP contribution is -2.61.